The number of carboxylic acid groups (broad SMARTS) is 1. The van der Waals surface area contributed by atoms with Crippen LogP contribution in [0.5, 0.6) is 0 Å². The van der Waals surface area contributed by atoms with E-state index in [1.807, 2.05) is 0 Å². The molecule has 1 unspecified atom stereocenters. The molecule has 0 saturated carbocycles. The van der Waals surface area contributed by atoms with Crippen molar-refractivity contribution in [1.29, 1.82) is 0 Å². The lowest BCUT2D eigenvalue weighted by Crippen LogP contribution is -2.50. The Hall–Kier alpha value is -1.57. The molecule has 1 fully saturated rings. The first-order valence-electron chi connectivity index (χ1n) is 5.55. The van der Waals surface area contributed by atoms with Gasteiger partial charge in [-0.3, -0.25) is 4.79 Å². The van der Waals surface area contributed by atoms with Crippen LogP contribution in [0.4, 0.5) is 5.95 Å². The van der Waals surface area contributed by atoms with Gasteiger partial charge in [-0.2, -0.15) is 0 Å². The van der Waals surface area contributed by atoms with Gasteiger partial charge in [-0.05, 0) is 0 Å². The van der Waals surface area contributed by atoms with Gasteiger partial charge in [-0.25, -0.2) is 13.4 Å². The van der Waals surface area contributed by atoms with Crippen LogP contribution in [0, 0.1) is 0 Å². The Morgan fingerprint density at radius 3 is 2.89 bits per heavy atom. The van der Waals surface area contributed by atoms with Crippen LogP contribution in [-0.4, -0.2) is 53.1 Å². The summed E-state index contributed by atoms with van der Waals surface area (Å²) in [7, 11) is -1.36. The van der Waals surface area contributed by atoms with Crippen LogP contribution >= 0.6 is 0 Å². The number of aliphatic carboxylic acids is 1. The summed E-state index contributed by atoms with van der Waals surface area (Å²) >= 11 is 0. The van der Waals surface area contributed by atoms with Gasteiger partial charge in [0.2, 0.25) is 5.95 Å². The summed E-state index contributed by atoms with van der Waals surface area (Å²) in [6, 6.07) is -0.553. The van der Waals surface area contributed by atoms with Crippen LogP contribution in [0.25, 0.3) is 0 Å². The second-order valence-electron chi connectivity index (χ2n) is 4.40. The molecular formula is C10H15N3O4S. The Kier molecular flexibility index (Phi) is 3.29. The van der Waals surface area contributed by atoms with Crippen LogP contribution in [0.1, 0.15) is 6.42 Å². The zero-order chi connectivity index (χ0) is 13.3. The molecule has 1 aromatic rings. The van der Waals surface area contributed by atoms with E-state index in [1.54, 1.807) is 28.9 Å². The number of hydrogen-bond donors (Lipinski definition) is 1. The molecule has 1 atom stereocenters. The Labute approximate surface area is 105 Å². The molecular weight excluding hydrogens is 258 g/mol. The Morgan fingerprint density at radius 1 is 1.61 bits per heavy atom. The third kappa shape index (κ3) is 2.63. The van der Waals surface area contributed by atoms with Crippen LogP contribution in [0.3, 0.4) is 0 Å². The van der Waals surface area contributed by atoms with Crippen molar-refractivity contribution in [3.05, 3.63) is 12.4 Å². The Bertz CT molecular complexity index is 551. The van der Waals surface area contributed by atoms with Crippen molar-refractivity contribution in [2.24, 2.45) is 7.05 Å². The number of imidazole rings is 1. The zero-order valence-electron chi connectivity index (χ0n) is 9.98. The molecule has 1 aliphatic rings. The highest BCUT2D eigenvalue weighted by molar-refractivity contribution is 7.91. The van der Waals surface area contributed by atoms with Crippen molar-refractivity contribution >= 4 is 21.8 Å². The number of aryl methyl sites for hydroxylation is 1. The summed E-state index contributed by atoms with van der Waals surface area (Å²) in [6.07, 6.45) is 3.15. The number of nitrogens with zero attached hydrogens (tertiary/aromatic N) is 3. The summed E-state index contributed by atoms with van der Waals surface area (Å²) in [6.45, 7) is 0.283. The molecule has 0 spiro atoms. The van der Waals surface area contributed by atoms with Crippen LogP contribution in [0.15, 0.2) is 12.4 Å². The van der Waals surface area contributed by atoms with Crippen LogP contribution in [-0.2, 0) is 21.7 Å². The minimum atomic E-state index is -3.16. The number of rotatable bonds is 3. The Balaban J connectivity index is 2.28. The fourth-order valence-electron chi connectivity index (χ4n) is 2.15. The lowest BCUT2D eigenvalue weighted by Gasteiger charge is -2.35. The molecule has 0 aromatic carbocycles. The Morgan fingerprint density at radius 2 is 2.33 bits per heavy atom. The highest BCUT2D eigenvalue weighted by Gasteiger charge is 2.34. The second kappa shape index (κ2) is 4.60. The standard InChI is InChI=1S/C10H15N3O4S/c1-12-3-2-11-10(12)13-4-5-18(16,17)7-8(13)6-9(14)15/h2-3,8H,4-7H2,1H3,(H,14,15). The molecule has 100 valence electrons. The molecule has 1 N–H and O–H groups in total. The monoisotopic (exact) mass is 273 g/mol. The van der Waals surface area contributed by atoms with E-state index in [0.29, 0.717) is 5.95 Å². The van der Waals surface area contributed by atoms with Crippen molar-refractivity contribution in [1.82, 2.24) is 9.55 Å². The predicted molar refractivity (Wildman–Crippen MR) is 65.2 cm³/mol. The first-order chi connectivity index (χ1) is 8.39. The third-order valence-corrected chi connectivity index (χ3v) is 4.69. The first-order valence-corrected chi connectivity index (χ1v) is 7.37. The highest BCUT2D eigenvalue weighted by Crippen LogP contribution is 2.21. The van der Waals surface area contributed by atoms with E-state index in [0.717, 1.165) is 0 Å². The average molecular weight is 273 g/mol. The van der Waals surface area contributed by atoms with Crippen molar-refractivity contribution in [3.8, 4) is 0 Å². The van der Waals surface area contributed by atoms with Gasteiger partial charge in [0.05, 0.1) is 24.0 Å². The number of aromatic nitrogens is 2. The SMILES string of the molecule is Cn1ccnc1N1CCS(=O)(=O)CC1CC(=O)O. The maximum atomic E-state index is 11.6. The van der Waals surface area contributed by atoms with E-state index in [9.17, 15) is 13.2 Å². The molecule has 2 rings (SSSR count). The van der Waals surface area contributed by atoms with E-state index in [1.165, 1.54) is 0 Å². The van der Waals surface area contributed by atoms with E-state index < -0.39 is 21.8 Å². The van der Waals surface area contributed by atoms with E-state index in [4.69, 9.17) is 5.11 Å². The van der Waals surface area contributed by atoms with Gasteiger partial charge in [0.1, 0.15) is 0 Å². The van der Waals surface area contributed by atoms with Gasteiger partial charge in [-0.1, -0.05) is 0 Å². The van der Waals surface area contributed by atoms with Gasteiger partial charge in [-0.15, -0.1) is 0 Å². The smallest absolute Gasteiger partial charge is 0.305 e. The minimum absolute atomic E-state index is 0.0377. The first kappa shape index (κ1) is 12.9. The summed E-state index contributed by atoms with van der Waals surface area (Å²) < 4.78 is 24.9. The van der Waals surface area contributed by atoms with E-state index in [-0.39, 0.29) is 24.5 Å². The number of carboxylic acids is 1. The molecule has 1 aromatic heterocycles. The highest BCUT2D eigenvalue weighted by atomic mass is 32.2. The number of sulfone groups is 1. The fraction of sp³-hybridized carbons (Fsp3) is 0.600. The van der Waals surface area contributed by atoms with Crippen molar-refractivity contribution in [2.45, 2.75) is 12.5 Å². The van der Waals surface area contributed by atoms with Crippen molar-refractivity contribution in [3.63, 3.8) is 0 Å². The minimum Gasteiger partial charge on any atom is -0.481 e. The van der Waals surface area contributed by atoms with Gasteiger partial charge in [0, 0.05) is 26.0 Å². The quantitative estimate of drug-likeness (QED) is 0.798. The van der Waals surface area contributed by atoms with Gasteiger partial charge in [0.25, 0.3) is 0 Å². The molecule has 1 saturated heterocycles. The summed E-state index contributed by atoms with van der Waals surface area (Å²) in [5.41, 5.74) is 0. The molecule has 2 heterocycles. The molecule has 18 heavy (non-hydrogen) atoms. The van der Waals surface area contributed by atoms with Gasteiger partial charge < -0.3 is 14.6 Å². The van der Waals surface area contributed by atoms with Crippen molar-refractivity contribution < 1.29 is 18.3 Å². The fourth-order valence-corrected chi connectivity index (χ4v) is 3.68. The molecule has 7 nitrogen and oxygen atoms in total. The molecule has 0 amide bonds. The van der Waals surface area contributed by atoms with Gasteiger partial charge >= 0.3 is 5.97 Å². The number of hydrogen-bond acceptors (Lipinski definition) is 5. The maximum absolute atomic E-state index is 11.6. The summed E-state index contributed by atoms with van der Waals surface area (Å²) in [4.78, 5) is 16.7. The van der Waals surface area contributed by atoms with Gasteiger partial charge in [0.15, 0.2) is 9.84 Å². The predicted octanol–water partition coefficient (Wildman–Crippen LogP) is -0.502. The average Bonchev–Trinajstić information content (AvgIpc) is 2.62. The van der Waals surface area contributed by atoms with Crippen LogP contribution in [0.2, 0.25) is 0 Å². The third-order valence-electron chi connectivity index (χ3n) is 2.99. The second-order valence-corrected chi connectivity index (χ2v) is 6.63. The topological polar surface area (TPSA) is 92.5 Å². The molecule has 8 heteroatoms. The van der Waals surface area contributed by atoms with Crippen LogP contribution < -0.4 is 4.90 Å². The lowest BCUT2D eigenvalue weighted by molar-refractivity contribution is -0.137. The van der Waals surface area contributed by atoms with E-state index in [2.05, 4.69) is 4.98 Å². The maximum Gasteiger partial charge on any atom is 0.305 e. The molecule has 0 radical (unpaired) electrons. The summed E-state index contributed by atoms with van der Waals surface area (Å²) in [5.74, 6) is -0.491. The molecule has 0 bridgehead atoms. The normalized spacial score (nSPS) is 22.9. The van der Waals surface area contributed by atoms with E-state index >= 15 is 0 Å². The largest absolute Gasteiger partial charge is 0.481 e. The van der Waals surface area contributed by atoms with Crippen molar-refractivity contribution in [2.75, 3.05) is 23.0 Å². The zero-order valence-corrected chi connectivity index (χ0v) is 10.8. The molecule has 0 aliphatic carbocycles. The summed E-state index contributed by atoms with van der Waals surface area (Å²) in [5, 5.41) is 8.87. The number of carbonyl (C=O) groups is 1. The molecule has 1 aliphatic heterocycles. The number of anilines is 1. The lowest BCUT2D eigenvalue weighted by atomic mass is 10.2.